The number of hydrazine groups is 1. The van der Waals surface area contributed by atoms with Crippen molar-refractivity contribution in [3.63, 3.8) is 0 Å². The van der Waals surface area contributed by atoms with E-state index in [0.29, 0.717) is 11.8 Å². The highest BCUT2D eigenvalue weighted by Crippen LogP contribution is 2.04. The minimum absolute atomic E-state index is 0.105. The van der Waals surface area contributed by atoms with Crippen molar-refractivity contribution in [2.45, 2.75) is 6.04 Å². The zero-order chi connectivity index (χ0) is 7.68. The maximum atomic E-state index is 5.10. The second kappa shape index (κ2) is 2.24. The van der Waals surface area contributed by atoms with E-state index in [1.54, 1.807) is 6.21 Å². The third-order valence-electron chi connectivity index (χ3n) is 1.37. The minimum Gasteiger partial charge on any atom is -0.292 e. The normalized spacial score (nSPS) is 26.1. The molecule has 1 atom stereocenters. The molecule has 0 fully saturated rings. The first-order valence-electron chi connectivity index (χ1n) is 3.09. The number of nitrogens with zero attached hydrogens (tertiary/aromatic N) is 4. The number of amidine groups is 1. The highest BCUT2D eigenvalue weighted by Gasteiger charge is 2.19. The average Bonchev–Trinajstić information content (AvgIpc) is 2.50. The highest BCUT2D eigenvalue weighted by atomic mass is 15.3. The van der Waals surface area contributed by atoms with Crippen LogP contribution >= 0.6 is 0 Å². The van der Waals surface area contributed by atoms with Gasteiger partial charge < -0.3 is 0 Å². The molecule has 0 radical (unpaired) electrons. The number of fused-ring (bicyclic) bond motifs is 1. The molecule has 6 nitrogen and oxygen atoms in total. The van der Waals surface area contributed by atoms with Crippen molar-refractivity contribution in [2.24, 2.45) is 25.8 Å². The molecule has 0 saturated heterocycles. The quantitative estimate of drug-likeness (QED) is 0.332. The van der Waals surface area contributed by atoms with E-state index in [0.717, 1.165) is 0 Å². The van der Waals surface area contributed by atoms with Crippen LogP contribution in [0.1, 0.15) is 0 Å². The number of rotatable bonds is 0. The molecule has 6 heteroatoms. The second-order valence-electron chi connectivity index (χ2n) is 2.05. The molecule has 2 rings (SSSR count). The van der Waals surface area contributed by atoms with E-state index >= 15 is 0 Å². The smallest absolute Gasteiger partial charge is 0.238 e. The van der Waals surface area contributed by atoms with Crippen molar-refractivity contribution in [2.75, 3.05) is 0 Å². The van der Waals surface area contributed by atoms with Crippen LogP contribution in [0.3, 0.4) is 0 Å². The zero-order valence-corrected chi connectivity index (χ0v) is 5.60. The fourth-order valence-corrected chi connectivity index (χ4v) is 0.856. The summed E-state index contributed by atoms with van der Waals surface area (Å²) in [5.74, 6) is 6.09. The van der Waals surface area contributed by atoms with E-state index in [-0.39, 0.29) is 6.04 Å². The number of guanidine groups is 1. The minimum atomic E-state index is -0.105. The van der Waals surface area contributed by atoms with Gasteiger partial charge in [-0.1, -0.05) is 0 Å². The predicted octanol–water partition coefficient (Wildman–Crippen LogP) is -1.30. The Labute approximate surface area is 62.6 Å². The fourth-order valence-electron chi connectivity index (χ4n) is 0.856. The Balaban J connectivity index is 2.29. The van der Waals surface area contributed by atoms with Gasteiger partial charge in [-0.3, -0.25) is 10.4 Å². The molecule has 0 bridgehead atoms. The Morgan fingerprint density at radius 1 is 1.55 bits per heavy atom. The molecular formula is C5H6N6. The topological polar surface area (TPSA) is 87.5 Å². The molecule has 2 aliphatic heterocycles. The lowest BCUT2D eigenvalue weighted by Crippen LogP contribution is -2.34. The lowest BCUT2D eigenvalue weighted by molar-refractivity contribution is 0.997. The van der Waals surface area contributed by atoms with Gasteiger partial charge in [0.15, 0.2) is 5.84 Å². The van der Waals surface area contributed by atoms with Gasteiger partial charge in [-0.2, -0.15) is 4.99 Å². The standard InChI is InChI=1S/C5H6N6/c6-11-5-7-1-3-4(10-5)9-2-8-3/h1-3H,6H2,(H,8,9,10,11). The van der Waals surface area contributed by atoms with Gasteiger partial charge in [0.25, 0.3) is 0 Å². The SMILES string of the molecule is NNC1=NC2=NC=NC2C=N1. The molecule has 0 amide bonds. The van der Waals surface area contributed by atoms with Crippen molar-refractivity contribution in [3.05, 3.63) is 0 Å². The van der Waals surface area contributed by atoms with Gasteiger partial charge in [-0.15, -0.1) is 0 Å². The van der Waals surface area contributed by atoms with Gasteiger partial charge in [0.05, 0.1) is 0 Å². The Morgan fingerprint density at radius 3 is 3.27 bits per heavy atom. The number of nitrogens with two attached hydrogens (primary N) is 1. The molecule has 1 unspecified atom stereocenters. The van der Waals surface area contributed by atoms with E-state index in [9.17, 15) is 0 Å². The van der Waals surface area contributed by atoms with Crippen LogP contribution < -0.4 is 11.3 Å². The second-order valence-corrected chi connectivity index (χ2v) is 2.05. The summed E-state index contributed by atoms with van der Waals surface area (Å²) in [6, 6.07) is -0.105. The lowest BCUT2D eigenvalue weighted by atomic mass is 10.3. The van der Waals surface area contributed by atoms with Crippen LogP contribution in [0.4, 0.5) is 0 Å². The number of hydrogen-bond donors (Lipinski definition) is 2. The maximum Gasteiger partial charge on any atom is 0.238 e. The van der Waals surface area contributed by atoms with Gasteiger partial charge in [0.1, 0.15) is 12.4 Å². The summed E-state index contributed by atoms with van der Waals surface area (Å²) in [6.07, 6.45) is 3.11. The molecule has 0 spiro atoms. The summed E-state index contributed by atoms with van der Waals surface area (Å²) in [5.41, 5.74) is 2.33. The number of aliphatic imine (C=N–C) groups is 4. The third kappa shape index (κ3) is 0.926. The molecule has 0 aliphatic carbocycles. The molecule has 0 aromatic rings. The first-order chi connectivity index (χ1) is 5.40. The first-order valence-corrected chi connectivity index (χ1v) is 3.09. The van der Waals surface area contributed by atoms with E-state index in [1.807, 2.05) is 0 Å². The molecule has 0 saturated carbocycles. The Bertz CT molecular complexity index is 285. The summed E-state index contributed by atoms with van der Waals surface area (Å²) >= 11 is 0. The largest absolute Gasteiger partial charge is 0.292 e. The molecule has 0 aromatic carbocycles. The van der Waals surface area contributed by atoms with Crippen molar-refractivity contribution < 1.29 is 0 Å². The molecule has 0 aromatic heterocycles. The average molecular weight is 150 g/mol. The van der Waals surface area contributed by atoms with Crippen molar-refractivity contribution >= 4 is 24.3 Å². The van der Waals surface area contributed by atoms with Gasteiger partial charge in [0.2, 0.25) is 5.96 Å². The number of nitrogens with one attached hydrogen (secondary N) is 1. The van der Waals surface area contributed by atoms with Crippen molar-refractivity contribution in [1.29, 1.82) is 0 Å². The van der Waals surface area contributed by atoms with E-state index in [2.05, 4.69) is 25.4 Å². The van der Waals surface area contributed by atoms with Crippen molar-refractivity contribution in [3.8, 4) is 0 Å². The van der Waals surface area contributed by atoms with Gasteiger partial charge in [-0.05, 0) is 0 Å². The summed E-state index contributed by atoms with van der Waals surface area (Å²) in [4.78, 5) is 15.7. The lowest BCUT2D eigenvalue weighted by Gasteiger charge is -2.07. The fraction of sp³-hybridized carbons (Fsp3) is 0.200. The maximum absolute atomic E-state index is 5.10. The van der Waals surface area contributed by atoms with Gasteiger partial charge in [0, 0.05) is 6.21 Å². The summed E-state index contributed by atoms with van der Waals surface area (Å²) in [6.45, 7) is 0. The van der Waals surface area contributed by atoms with Crippen LogP contribution in [0.5, 0.6) is 0 Å². The highest BCUT2D eigenvalue weighted by molar-refractivity contribution is 6.16. The van der Waals surface area contributed by atoms with Crippen LogP contribution in [0.15, 0.2) is 20.0 Å². The van der Waals surface area contributed by atoms with E-state index in [1.165, 1.54) is 6.34 Å². The van der Waals surface area contributed by atoms with Crippen LogP contribution in [0, 0.1) is 0 Å². The van der Waals surface area contributed by atoms with E-state index in [4.69, 9.17) is 5.84 Å². The van der Waals surface area contributed by atoms with Gasteiger partial charge in [-0.25, -0.2) is 15.8 Å². The summed E-state index contributed by atoms with van der Waals surface area (Å²) < 4.78 is 0. The van der Waals surface area contributed by atoms with Crippen LogP contribution in [-0.4, -0.2) is 30.4 Å². The van der Waals surface area contributed by atoms with Crippen LogP contribution in [-0.2, 0) is 0 Å². The third-order valence-corrected chi connectivity index (χ3v) is 1.37. The van der Waals surface area contributed by atoms with Crippen LogP contribution in [0.25, 0.3) is 0 Å². The molecule has 56 valence electrons. The Hall–Kier alpha value is -1.56. The zero-order valence-electron chi connectivity index (χ0n) is 5.60. The predicted molar refractivity (Wildman–Crippen MR) is 43.0 cm³/mol. The molecule has 2 aliphatic rings. The van der Waals surface area contributed by atoms with E-state index < -0.39 is 0 Å². The van der Waals surface area contributed by atoms with Crippen LogP contribution in [0.2, 0.25) is 0 Å². The molecule has 2 heterocycles. The molecular weight excluding hydrogens is 144 g/mol. The molecule has 3 N–H and O–H groups in total. The van der Waals surface area contributed by atoms with Gasteiger partial charge >= 0.3 is 0 Å². The number of hydrogen-bond acceptors (Lipinski definition) is 6. The monoisotopic (exact) mass is 150 g/mol. The first kappa shape index (κ1) is 6.17. The Morgan fingerprint density at radius 2 is 2.45 bits per heavy atom. The molecule has 11 heavy (non-hydrogen) atoms. The summed E-state index contributed by atoms with van der Waals surface area (Å²) in [7, 11) is 0. The Kier molecular flexibility index (Phi) is 1.26. The van der Waals surface area contributed by atoms with Crippen molar-refractivity contribution in [1.82, 2.24) is 5.43 Å². The summed E-state index contributed by atoms with van der Waals surface area (Å²) in [5, 5.41) is 0.